The number of likely N-dealkylation sites (tertiary alicyclic amines) is 1. The molecule has 1 amide bonds. The number of rotatable bonds is 2. The van der Waals surface area contributed by atoms with Crippen LogP contribution in [0.25, 0.3) is 0 Å². The first-order valence-electron chi connectivity index (χ1n) is 6.36. The summed E-state index contributed by atoms with van der Waals surface area (Å²) >= 11 is 0. The van der Waals surface area contributed by atoms with Crippen LogP contribution in [0.2, 0.25) is 0 Å². The summed E-state index contributed by atoms with van der Waals surface area (Å²) in [4.78, 5) is 12.4. The molecular weight excluding hydrogens is 280 g/mol. The molecule has 2 rings (SSSR count). The van der Waals surface area contributed by atoms with Gasteiger partial charge in [-0.05, 0) is 36.5 Å². The number of piperidine rings is 1. The number of carboxylic acid groups (broad SMARTS) is 1. The minimum Gasteiger partial charge on any atom is -0.465 e. The maximum atomic E-state index is 11.5. The van der Waals surface area contributed by atoms with Gasteiger partial charge in [0.25, 0.3) is 0 Å². The van der Waals surface area contributed by atoms with Crippen molar-refractivity contribution in [1.29, 1.82) is 0 Å². The third-order valence-corrected chi connectivity index (χ3v) is 4.84. The highest BCUT2D eigenvalue weighted by molar-refractivity contribution is 7.90. The van der Waals surface area contributed by atoms with Crippen molar-refractivity contribution in [2.45, 2.75) is 23.7 Å². The third kappa shape index (κ3) is 3.04. The van der Waals surface area contributed by atoms with E-state index in [0.29, 0.717) is 13.1 Å². The molecule has 0 unspecified atom stereocenters. The molecule has 7 heteroatoms. The lowest BCUT2D eigenvalue weighted by molar-refractivity contribution is 0.132. The fourth-order valence-electron chi connectivity index (χ4n) is 2.56. The molecule has 1 aliphatic rings. The van der Waals surface area contributed by atoms with Crippen LogP contribution in [0.15, 0.2) is 23.1 Å². The molecule has 0 atom stereocenters. The Morgan fingerprint density at radius 2 is 1.95 bits per heavy atom. The SMILES string of the molecule is CS(=O)(=O)c1ccc(C2CCN(C(=O)O)CC2)cc1N. The average Bonchev–Trinajstić information content (AvgIpc) is 2.37. The lowest BCUT2D eigenvalue weighted by Crippen LogP contribution is -2.36. The topological polar surface area (TPSA) is 101 Å². The molecule has 1 aromatic rings. The van der Waals surface area contributed by atoms with Crippen LogP contribution in [-0.4, -0.2) is 43.9 Å². The van der Waals surface area contributed by atoms with Crippen LogP contribution in [0.1, 0.15) is 24.3 Å². The van der Waals surface area contributed by atoms with Crippen LogP contribution < -0.4 is 5.73 Å². The van der Waals surface area contributed by atoms with Crippen molar-refractivity contribution in [3.8, 4) is 0 Å². The van der Waals surface area contributed by atoms with Crippen molar-refractivity contribution in [2.75, 3.05) is 25.1 Å². The van der Waals surface area contributed by atoms with E-state index in [-0.39, 0.29) is 16.5 Å². The predicted molar refractivity (Wildman–Crippen MR) is 75.5 cm³/mol. The number of anilines is 1. The third-order valence-electron chi connectivity index (χ3n) is 3.67. The Kier molecular flexibility index (Phi) is 3.89. The summed E-state index contributed by atoms with van der Waals surface area (Å²) in [5.74, 6) is 0.224. The number of hydrogen-bond acceptors (Lipinski definition) is 4. The van der Waals surface area contributed by atoms with E-state index in [2.05, 4.69) is 0 Å². The number of nitrogen functional groups attached to an aromatic ring is 1. The summed E-state index contributed by atoms with van der Waals surface area (Å²) in [6.07, 6.45) is 1.69. The van der Waals surface area contributed by atoms with Gasteiger partial charge >= 0.3 is 6.09 Å². The van der Waals surface area contributed by atoms with Gasteiger partial charge in [-0.15, -0.1) is 0 Å². The van der Waals surface area contributed by atoms with Gasteiger partial charge in [0.15, 0.2) is 9.84 Å². The maximum absolute atomic E-state index is 11.5. The first kappa shape index (κ1) is 14.6. The van der Waals surface area contributed by atoms with Crippen LogP contribution in [-0.2, 0) is 9.84 Å². The van der Waals surface area contributed by atoms with E-state index in [9.17, 15) is 13.2 Å². The normalized spacial score (nSPS) is 17.1. The van der Waals surface area contributed by atoms with Crippen molar-refractivity contribution >= 4 is 21.6 Å². The van der Waals surface area contributed by atoms with Crippen LogP contribution in [0.5, 0.6) is 0 Å². The Balaban J connectivity index is 2.16. The zero-order valence-corrected chi connectivity index (χ0v) is 12.1. The van der Waals surface area contributed by atoms with Crippen LogP contribution in [0, 0.1) is 0 Å². The van der Waals surface area contributed by atoms with Gasteiger partial charge in [-0.3, -0.25) is 0 Å². The van der Waals surface area contributed by atoms with Gasteiger partial charge in [0.2, 0.25) is 0 Å². The summed E-state index contributed by atoms with van der Waals surface area (Å²) in [6.45, 7) is 0.988. The quantitative estimate of drug-likeness (QED) is 0.806. The van der Waals surface area contributed by atoms with E-state index in [1.807, 2.05) is 0 Å². The van der Waals surface area contributed by atoms with E-state index in [0.717, 1.165) is 24.7 Å². The molecule has 110 valence electrons. The molecule has 0 bridgehead atoms. The van der Waals surface area contributed by atoms with E-state index < -0.39 is 15.9 Å². The van der Waals surface area contributed by atoms with Crippen molar-refractivity contribution in [3.63, 3.8) is 0 Å². The van der Waals surface area contributed by atoms with Crippen LogP contribution in [0.3, 0.4) is 0 Å². The molecule has 1 fully saturated rings. The summed E-state index contributed by atoms with van der Waals surface area (Å²) in [7, 11) is -3.31. The lowest BCUT2D eigenvalue weighted by Gasteiger charge is -2.30. The molecule has 1 aromatic carbocycles. The molecular formula is C13H18N2O4S. The fourth-order valence-corrected chi connectivity index (χ4v) is 3.36. The van der Waals surface area contributed by atoms with Gasteiger partial charge < -0.3 is 15.7 Å². The lowest BCUT2D eigenvalue weighted by atomic mass is 9.89. The van der Waals surface area contributed by atoms with Crippen molar-refractivity contribution in [3.05, 3.63) is 23.8 Å². The molecule has 1 aliphatic heterocycles. The van der Waals surface area contributed by atoms with E-state index >= 15 is 0 Å². The Bertz CT molecular complexity index is 619. The number of benzene rings is 1. The molecule has 20 heavy (non-hydrogen) atoms. The number of carbonyl (C=O) groups is 1. The zero-order chi connectivity index (χ0) is 14.9. The summed E-state index contributed by atoms with van der Waals surface area (Å²) in [5.41, 5.74) is 7.03. The van der Waals surface area contributed by atoms with E-state index in [1.165, 1.54) is 11.0 Å². The van der Waals surface area contributed by atoms with Gasteiger partial charge in [0, 0.05) is 19.3 Å². The second-order valence-electron chi connectivity index (χ2n) is 5.11. The first-order valence-corrected chi connectivity index (χ1v) is 8.25. The molecule has 0 aromatic heterocycles. The van der Waals surface area contributed by atoms with E-state index in [1.54, 1.807) is 12.1 Å². The monoisotopic (exact) mass is 298 g/mol. The fraction of sp³-hybridized carbons (Fsp3) is 0.462. The van der Waals surface area contributed by atoms with Crippen LogP contribution in [0.4, 0.5) is 10.5 Å². The standard InChI is InChI=1S/C13H18N2O4S/c1-20(18,19)12-3-2-10(8-11(12)14)9-4-6-15(7-5-9)13(16)17/h2-3,8-9H,4-7,14H2,1H3,(H,16,17). The highest BCUT2D eigenvalue weighted by Gasteiger charge is 2.24. The molecule has 0 aliphatic carbocycles. The smallest absolute Gasteiger partial charge is 0.407 e. The summed E-state index contributed by atoms with van der Waals surface area (Å²) in [5, 5.41) is 8.90. The number of nitrogens with zero attached hydrogens (tertiary/aromatic N) is 1. The Morgan fingerprint density at radius 1 is 1.35 bits per heavy atom. The largest absolute Gasteiger partial charge is 0.465 e. The molecule has 6 nitrogen and oxygen atoms in total. The Morgan fingerprint density at radius 3 is 2.40 bits per heavy atom. The Labute approximate surface area is 118 Å². The van der Waals surface area contributed by atoms with Gasteiger partial charge in [0.05, 0.1) is 10.6 Å². The highest BCUT2D eigenvalue weighted by atomic mass is 32.2. The summed E-state index contributed by atoms with van der Waals surface area (Å²) in [6, 6.07) is 4.99. The zero-order valence-electron chi connectivity index (χ0n) is 11.2. The number of sulfone groups is 1. The minimum atomic E-state index is -3.31. The number of hydrogen-bond donors (Lipinski definition) is 2. The average molecular weight is 298 g/mol. The summed E-state index contributed by atoms with van der Waals surface area (Å²) < 4.78 is 23.0. The number of nitrogens with two attached hydrogens (primary N) is 1. The molecule has 0 saturated carbocycles. The molecule has 1 saturated heterocycles. The Hall–Kier alpha value is -1.76. The molecule has 1 heterocycles. The van der Waals surface area contributed by atoms with E-state index in [4.69, 9.17) is 10.8 Å². The van der Waals surface area contributed by atoms with Gasteiger partial charge in [-0.25, -0.2) is 13.2 Å². The van der Waals surface area contributed by atoms with Gasteiger partial charge in [-0.1, -0.05) is 6.07 Å². The molecule has 3 N–H and O–H groups in total. The van der Waals surface area contributed by atoms with Crippen molar-refractivity contribution < 1.29 is 18.3 Å². The maximum Gasteiger partial charge on any atom is 0.407 e. The van der Waals surface area contributed by atoms with Gasteiger partial charge in [0.1, 0.15) is 0 Å². The minimum absolute atomic E-state index is 0.143. The molecule has 0 radical (unpaired) electrons. The molecule has 0 spiro atoms. The second kappa shape index (κ2) is 5.32. The van der Waals surface area contributed by atoms with Crippen molar-refractivity contribution in [1.82, 2.24) is 4.90 Å². The van der Waals surface area contributed by atoms with Gasteiger partial charge in [-0.2, -0.15) is 0 Å². The van der Waals surface area contributed by atoms with Crippen molar-refractivity contribution in [2.24, 2.45) is 0 Å². The second-order valence-corrected chi connectivity index (χ2v) is 7.10. The van der Waals surface area contributed by atoms with Crippen LogP contribution >= 0.6 is 0 Å². The number of amides is 1. The highest BCUT2D eigenvalue weighted by Crippen LogP contribution is 2.31. The predicted octanol–water partition coefficient (Wildman–Crippen LogP) is 1.53. The first-order chi connectivity index (χ1) is 9.29.